The Hall–Kier alpha value is -2.88. The molecule has 1 saturated carbocycles. The van der Waals surface area contributed by atoms with Crippen LogP contribution in [0.2, 0.25) is 5.02 Å². The maximum absolute atomic E-state index is 14.3. The molecule has 3 aromatic carbocycles. The number of benzene rings is 3. The summed E-state index contributed by atoms with van der Waals surface area (Å²) in [6, 6.07) is 21.2. The van der Waals surface area contributed by atoms with Crippen molar-refractivity contribution in [3.63, 3.8) is 0 Å². The maximum Gasteiger partial charge on any atom is 0.244 e. The second-order valence-corrected chi connectivity index (χ2v) is 14.2. The van der Waals surface area contributed by atoms with Crippen molar-refractivity contribution >= 4 is 55.1 Å². The van der Waals surface area contributed by atoms with Crippen LogP contribution in [-0.4, -0.2) is 50.0 Å². The second kappa shape index (κ2) is 14.5. The van der Waals surface area contributed by atoms with Crippen LogP contribution in [0.4, 0.5) is 5.69 Å². The average Bonchev–Trinajstić information content (AvgIpc) is 2.95. The Morgan fingerprint density at radius 1 is 0.976 bits per heavy atom. The lowest BCUT2D eigenvalue weighted by Gasteiger charge is -2.35. The molecule has 224 valence electrons. The predicted molar refractivity (Wildman–Crippen MR) is 172 cm³/mol. The molecule has 0 radical (unpaired) electrons. The molecule has 0 saturated heterocycles. The van der Waals surface area contributed by atoms with Crippen LogP contribution in [0.1, 0.15) is 48.8 Å². The number of carbonyl (C=O) groups is 2. The third-order valence-corrected chi connectivity index (χ3v) is 9.44. The van der Waals surface area contributed by atoms with Crippen LogP contribution in [0.5, 0.6) is 0 Å². The highest BCUT2D eigenvalue weighted by molar-refractivity contribution is 9.10. The highest BCUT2D eigenvalue weighted by atomic mass is 79.9. The molecule has 4 rings (SSSR count). The van der Waals surface area contributed by atoms with E-state index in [2.05, 4.69) is 21.2 Å². The van der Waals surface area contributed by atoms with Crippen LogP contribution in [0.3, 0.4) is 0 Å². The maximum atomic E-state index is 14.3. The van der Waals surface area contributed by atoms with Gasteiger partial charge in [-0.2, -0.15) is 0 Å². The second-order valence-electron chi connectivity index (χ2n) is 10.9. The molecule has 0 heterocycles. The number of rotatable bonds is 11. The van der Waals surface area contributed by atoms with Gasteiger partial charge in [0.2, 0.25) is 21.8 Å². The van der Waals surface area contributed by atoms with E-state index in [0.717, 1.165) is 58.3 Å². The van der Waals surface area contributed by atoms with Crippen LogP contribution in [0.15, 0.2) is 77.3 Å². The van der Waals surface area contributed by atoms with Gasteiger partial charge in [0, 0.05) is 28.5 Å². The molecule has 3 aromatic rings. The summed E-state index contributed by atoms with van der Waals surface area (Å²) in [5.41, 5.74) is 2.70. The quantitative estimate of drug-likeness (QED) is 0.260. The first kappa shape index (κ1) is 32.0. The number of sulfonamides is 1. The van der Waals surface area contributed by atoms with Crippen molar-refractivity contribution in [3.05, 3.63) is 99.0 Å². The van der Waals surface area contributed by atoms with Crippen LogP contribution < -0.4 is 9.62 Å². The zero-order valence-corrected chi connectivity index (χ0v) is 27.1. The van der Waals surface area contributed by atoms with Crippen molar-refractivity contribution in [1.82, 2.24) is 10.2 Å². The molecule has 1 atom stereocenters. The van der Waals surface area contributed by atoms with E-state index in [1.54, 1.807) is 25.1 Å². The van der Waals surface area contributed by atoms with Gasteiger partial charge in [-0.05, 0) is 60.7 Å². The third kappa shape index (κ3) is 8.82. The molecule has 1 aliphatic rings. The first-order valence-corrected chi connectivity index (χ1v) is 17.2. The fourth-order valence-corrected chi connectivity index (χ4v) is 6.89. The number of aryl methyl sites for hydroxylation is 1. The molecule has 2 amide bonds. The van der Waals surface area contributed by atoms with E-state index in [0.29, 0.717) is 16.3 Å². The first-order chi connectivity index (χ1) is 20.0. The number of nitrogens with one attached hydrogen (secondary N) is 1. The summed E-state index contributed by atoms with van der Waals surface area (Å²) >= 11 is 9.74. The molecule has 0 aliphatic heterocycles. The Balaban J connectivity index is 1.74. The number of amides is 2. The topological polar surface area (TPSA) is 86.8 Å². The summed E-state index contributed by atoms with van der Waals surface area (Å²) in [6.45, 7) is 1.42. The van der Waals surface area contributed by atoms with Gasteiger partial charge in [0.25, 0.3) is 0 Å². The highest BCUT2D eigenvalue weighted by Gasteiger charge is 2.34. The minimum absolute atomic E-state index is 0.0500. The number of halogens is 2. The largest absolute Gasteiger partial charge is 0.352 e. The van der Waals surface area contributed by atoms with Crippen molar-refractivity contribution in [2.24, 2.45) is 0 Å². The molecule has 10 heteroatoms. The zero-order valence-electron chi connectivity index (χ0n) is 23.9. The van der Waals surface area contributed by atoms with E-state index in [1.165, 1.54) is 4.90 Å². The van der Waals surface area contributed by atoms with E-state index in [1.807, 2.05) is 54.6 Å². The molecule has 42 heavy (non-hydrogen) atoms. The molecule has 1 unspecified atom stereocenters. The van der Waals surface area contributed by atoms with Gasteiger partial charge in [-0.15, -0.1) is 0 Å². The van der Waals surface area contributed by atoms with E-state index in [4.69, 9.17) is 11.6 Å². The summed E-state index contributed by atoms with van der Waals surface area (Å²) in [4.78, 5) is 29.8. The summed E-state index contributed by atoms with van der Waals surface area (Å²) in [5, 5.41) is 3.57. The minimum atomic E-state index is -3.87. The minimum Gasteiger partial charge on any atom is -0.352 e. The van der Waals surface area contributed by atoms with Crippen LogP contribution in [0.25, 0.3) is 0 Å². The van der Waals surface area contributed by atoms with Gasteiger partial charge in [-0.1, -0.05) is 95.3 Å². The number of hydrogen-bond donors (Lipinski definition) is 1. The number of carbonyl (C=O) groups excluding carboxylic acids is 2. The number of nitrogens with zero attached hydrogens (tertiary/aromatic N) is 2. The van der Waals surface area contributed by atoms with Gasteiger partial charge in [0.1, 0.15) is 12.6 Å². The molecule has 1 aliphatic carbocycles. The Kier molecular flexibility index (Phi) is 11.1. The molecule has 0 aromatic heterocycles. The molecule has 1 fully saturated rings. The lowest BCUT2D eigenvalue weighted by Crippen LogP contribution is -2.55. The monoisotopic (exact) mass is 673 g/mol. The molecule has 7 nitrogen and oxygen atoms in total. The summed E-state index contributed by atoms with van der Waals surface area (Å²) in [7, 11) is -3.87. The van der Waals surface area contributed by atoms with E-state index >= 15 is 0 Å². The fourth-order valence-electron chi connectivity index (χ4n) is 5.38. The van der Waals surface area contributed by atoms with Crippen molar-refractivity contribution in [2.75, 3.05) is 17.1 Å². The Morgan fingerprint density at radius 2 is 1.67 bits per heavy atom. The van der Waals surface area contributed by atoms with Gasteiger partial charge in [-0.25, -0.2) is 8.42 Å². The van der Waals surface area contributed by atoms with Gasteiger partial charge in [0.15, 0.2) is 0 Å². The normalized spacial score (nSPS) is 14.7. The van der Waals surface area contributed by atoms with E-state index < -0.39 is 28.5 Å². The van der Waals surface area contributed by atoms with E-state index in [-0.39, 0.29) is 24.9 Å². The zero-order chi connectivity index (χ0) is 30.3. The molecule has 1 N–H and O–H groups in total. The molecular formula is C32H37BrClN3O4S. The number of anilines is 1. The molecular weight excluding hydrogens is 638 g/mol. The van der Waals surface area contributed by atoms with Crippen LogP contribution in [0, 0.1) is 6.92 Å². The fraction of sp³-hybridized carbons (Fsp3) is 0.375. The lowest BCUT2D eigenvalue weighted by molar-refractivity contribution is -0.140. The predicted octanol–water partition coefficient (Wildman–Crippen LogP) is 6.27. The smallest absolute Gasteiger partial charge is 0.244 e. The lowest BCUT2D eigenvalue weighted by atomic mass is 9.94. The summed E-state index contributed by atoms with van der Waals surface area (Å²) in [6.07, 6.45) is 6.41. The summed E-state index contributed by atoms with van der Waals surface area (Å²) < 4.78 is 28.0. The van der Waals surface area contributed by atoms with Crippen molar-refractivity contribution in [1.29, 1.82) is 0 Å². The third-order valence-electron chi connectivity index (χ3n) is 7.58. The molecule has 0 bridgehead atoms. The molecule has 0 spiro atoms. The Morgan fingerprint density at radius 3 is 2.33 bits per heavy atom. The Bertz CT molecular complexity index is 1500. The van der Waals surface area contributed by atoms with E-state index in [9.17, 15) is 18.0 Å². The standard InChI is InChI=1S/C32H37BrClN3O4S/c1-23-16-17-27(34)20-29(23)37(42(2,40)41)22-31(38)36(21-25-12-9-13-26(33)18-25)30(19-24-10-5-3-6-11-24)32(39)35-28-14-7-4-8-15-28/h3,5-6,9-13,16-18,20,28,30H,4,7-8,14-15,19,21-22H2,1-2H3,(H,35,39). The van der Waals surface area contributed by atoms with Gasteiger partial charge >= 0.3 is 0 Å². The Labute approximate surface area is 262 Å². The van der Waals surface area contributed by atoms with Gasteiger partial charge in [-0.3, -0.25) is 13.9 Å². The van der Waals surface area contributed by atoms with Crippen LogP contribution in [-0.2, 0) is 32.6 Å². The van der Waals surface area contributed by atoms with Gasteiger partial charge < -0.3 is 10.2 Å². The SMILES string of the molecule is Cc1ccc(Cl)cc1N(CC(=O)N(Cc1cccc(Br)c1)C(Cc1ccccc1)C(=O)NC1CCCCC1)S(C)(=O)=O. The van der Waals surface area contributed by atoms with Gasteiger partial charge in [0.05, 0.1) is 11.9 Å². The first-order valence-electron chi connectivity index (χ1n) is 14.1. The average molecular weight is 675 g/mol. The highest BCUT2D eigenvalue weighted by Crippen LogP contribution is 2.27. The van der Waals surface area contributed by atoms with Crippen LogP contribution >= 0.6 is 27.5 Å². The van der Waals surface area contributed by atoms with Crippen molar-refractivity contribution in [3.8, 4) is 0 Å². The number of hydrogen-bond acceptors (Lipinski definition) is 4. The van der Waals surface area contributed by atoms with Crippen molar-refractivity contribution in [2.45, 2.75) is 64.1 Å². The summed E-state index contributed by atoms with van der Waals surface area (Å²) in [5.74, 6) is -0.724. The van der Waals surface area contributed by atoms with Crippen molar-refractivity contribution < 1.29 is 18.0 Å².